The van der Waals surface area contributed by atoms with Crippen molar-refractivity contribution in [1.29, 1.82) is 0 Å². The zero-order chi connectivity index (χ0) is 12.8. The maximum atomic E-state index is 11.4. The van der Waals surface area contributed by atoms with E-state index in [0.717, 1.165) is 18.3 Å². The molecule has 0 bridgehead atoms. The molecule has 2 nitrogen and oxygen atoms in total. The van der Waals surface area contributed by atoms with Gasteiger partial charge < -0.3 is 4.74 Å². The molecule has 2 saturated carbocycles. The van der Waals surface area contributed by atoms with Crippen LogP contribution in [0.5, 0.6) is 0 Å². The van der Waals surface area contributed by atoms with Gasteiger partial charge in [-0.05, 0) is 37.0 Å². The van der Waals surface area contributed by atoms with Crippen molar-refractivity contribution in [1.82, 2.24) is 0 Å². The molecule has 2 aliphatic carbocycles. The molecule has 102 valence electrons. The van der Waals surface area contributed by atoms with Crippen LogP contribution in [0.25, 0.3) is 0 Å². The molecule has 0 spiro atoms. The highest BCUT2D eigenvalue weighted by molar-refractivity contribution is 5.69. The van der Waals surface area contributed by atoms with Gasteiger partial charge in [0, 0.05) is 6.42 Å². The Balaban J connectivity index is 1.52. The molecule has 0 unspecified atom stereocenters. The van der Waals surface area contributed by atoms with Gasteiger partial charge in [-0.25, -0.2) is 0 Å². The van der Waals surface area contributed by atoms with Crippen LogP contribution in [0.4, 0.5) is 0 Å². The Morgan fingerprint density at radius 1 is 1.17 bits per heavy atom. The summed E-state index contributed by atoms with van der Waals surface area (Å²) in [5, 5.41) is 0. The van der Waals surface area contributed by atoms with Crippen molar-refractivity contribution in [3.63, 3.8) is 0 Å². The van der Waals surface area contributed by atoms with Crippen LogP contribution in [0.1, 0.15) is 58.3 Å². The second kappa shape index (κ2) is 6.96. The molecule has 2 rings (SSSR count). The predicted molar refractivity (Wildman–Crippen MR) is 73.2 cm³/mol. The Kier molecular flexibility index (Phi) is 5.27. The van der Waals surface area contributed by atoms with Gasteiger partial charge in [0.05, 0.1) is 0 Å². The van der Waals surface area contributed by atoms with Gasteiger partial charge in [0.15, 0.2) is 0 Å². The molecule has 0 aromatic heterocycles. The van der Waals surface area contributed by atoms with Crippen LogP contribution in [-0.4, -0.2) is 12.6 Å². The largest absolute Gasteiger partial charge is 0.461 e. The van der Waals surface area contributed by atoms with Crippen molar-refractivity contribution < 1.29 is 9.53 Å². The molecule has 0 aromatic rings. The van der Waals surface area contributed by atoms with Crippen LogP contribution in [0.15, 0.2) is 12.2 Å². The minimum atomic E-state index is -0.0242. The van der Waals surface area contributed by atoms with Gasteiger partial charge >= 0.3 is 5.97 Å². The minimum absolute atomic E-state index is 0.0242. The van der Waals surface area contributed by atoms with Gasteiger partial charge in [-0.3, -0.25) is 4.79 Å². The molecule has 0 saturated heterocycles. The van der Waals surface area contributed by atoms with E-state index < -0.39 is 0 Å². The molecule has 18 heavy (non-hydrogen) atoms. The Hall–Kier alpha value is -0.790. The summed E-state index contributed by atoms with van der Waals surface area (Å²) in [5.41, 5.74) is 0. The fourth-order valence-corrected chi connectivity index (χ4v) is 2.67. The molecule has 2 fully saturated rings. The highest BCUT2D eigenvalue weighted by atomic mass is 16.5. The fourth-order valence-electron chi connectivity index (χ4n) is 2.67. The van der Waals surface area contributed by atoms with Crippen molar-refractivity contribution >= 4 is 5.97 Å². The summed E-state index contributed by atoms with van der Waals surface area (Å²) in [6.45, 7) is 2.80. The number of allylic oxidation sites excluding steroid dienone is 1. The first kappa shape index (κ1) is 13.6. The topological polar surface area (TPSA) is 26.3 Å². The first-order valence-corrected chi connectivity index (χ1v) is 7.56. The van der Waals surface area contributed by atoms with Crippen molar-refractivity contribution in [2.24, 2.45) is 17.8 Å². The van der Waals surface area contributed by atoms with Crippen LogP contribution in [0, 0.1) is 17.8 Å². The van der Waals surface area contributed by atoms with Crippen LogP contribution < -0.4 is 0 Å². The first-order valence-electron chi connectivity index (χ1n) is 7.56. The van der Waals surface area contributed by atoms with Crippen LogP contribution in [0.2, 0.25) is 0 Å². The number of carbonyl (C=O) groups is 1. The Bertz CT molecular complexity index is 283. The molecule has 0 heterocycles. The van der Waals surface area contributed by atoms with Gasteiger partial charge in [-0.1, -0.05) is 44.8 Å². The lowest BCUT2D eigenvalue weighted by molar-refractivity contribution is -0.142. The van der Waals surface area contributed by atoms with Gasteiger partial charge in [0.25, 0.3) is 0 Å². The lowest BCUT2D eigenvalue weighted by atomic mass is 9.83. The predicted octanol–water partition coefficient (Wildman–Crippen LogP) is 4.10. The summed E-state index contributed by atoms with van der Waals surface area (Å²) in [4.78, 5) is 11.4. The number of hydrogen-bond acceptors (Lipinski definition) is 2. The smallest absolute Gasteiger partial charge is 0.306 e. The molecule has 0 aromatic carbocycles. The minimum Gasteiger partial charge on any atom is -0.461 e. The third-order valence-electron chi connectivity index (χ3n) is 4.26. The zero-order valence-corrected chi connectivity index (χ0v) is 11.6. The number of carbonyl (C=O) groups excluding carboxylic acids is 1. The monoisotopic (exact) mass is 250 g/mol. The fraction of sp³-hybridized carbons (Fsp3) is 0.812. The van der Waals surface area contributed by atoms with E-state index >= 15 is 0 Å². The molecule has 0 amide bonds. The number of hydrogen-bond donors (Lipinski definition) is 0. The standard InChI is InChI=1S/C16H26O2/c1-13-4-6-14(7-5-13)3-2-12-18-16(17)11-10-15-8-9-15/h2-3,13-15H,4-12H2,1H3/b3-2+. The molecule has 0 atom stereocenters. The highest BCUT2D eigenvalue weighted by Gasteiger charge is 2.22. The highest BCUT2D eigenvalue weighted by Crippen LogP contribution is 2.33. The van der Waals surface area contributed by atoms with Crippen molar-refractivity contribution in [2.45, 2.75) is 58.3 Å². The molecular weight excluding hydrogens is 224 g/mol. The summed E-state index contributed by atoms with van der Waals surface area (Å²) >= 11 is 0. The summed E-state index contributed by atoms with van der Waals surface area (Å²) in [6, 6.07) is 0. The quantitative estimate of drug-likeness (QED) is 0.524. The molecule has 0 radical (unpaired) electrons. The van der Waals surface area contributed by atoms with Crippen molar-refractivity contribution in [3.8, 4) is 0 Å². The van der Waals surface area contributed by atoms with E-state index in [0.29, 0.717) is 18.9 Å². The summed E-state index contributed by atoms with van der Waals surface area (Å²) in [7, 11) is 0. The molecular formula is C16H26O2. The second-order valence-electron chi connectivity index (χ2n) is 6.11. The lowest BCUT2D eigenvalue weighted by Crippen LogP contribution is -2.10. The lowest BCUT2D eigenvalue weighted by Gasteiger charge is -2.23. The summed E-state index contributed by atoms with van der Waals surface area (Å²) in [6.07, 6.45) is 13.8. The summed E-state index contributed by atoms with van der Waals surface area (Å²) in [5.74, 6) is 2.41. The average Bonchev–Trinajstić information content (AvgIpc) is 3.18. The molecule has 0 N–H and O–H groups in total. The van der Waals surface area contributed by atoms with Gasteiger partial charge in [-0.15, -0.1) is 0 Å². The zero-order valence-electron chi connectivity index (χ0n) is 11.6. The van der Waals surface area contributed by atoms with Crippen LogP contribution in [0.3, 0.4) is 0 Å². The van der Waals surface area contributed by atoms with E-state index in [4.69, 9.17) is 4.74 Å². The molecule has 2 aliphatic rings. The van der Waals surface area contributed by atoms with Crippen LogP contribution in [-0.2, 0) is 9.53 Å². The Morgan fingerprint density at radius 3 is 2.56 bits per heavy atom. The molecule has 0 aliphatic heterocycles. The SMILES string of the molecule is CC1CCC(/C=C/COC(=O)CCC2CC2)CC1. The van der Waals surface area contributed by atoms with Gasteiger partial charge in [-0.2, -0.15) is 0 Å². The number of ether oxygens (including phenoxy) is 1. The number of rotatable bonds is 6. The van der Waals surface area contributed by atoms with E-state index in [1.54, 1.807) is 0 Å². The van der Waals surface area contributed by atoms with E-state index in [1.165, 1.54) is 38.5 Å². The maximum Gasteiger partial charge on any atom is 0.306 e. The number of esters is 1. The maximum absolute atomic E-state index is 11.4. The van der Waals surface area contributed by atoms with Crippen molar-refractivity contribution in [2.75, 3.05) is 6.61 Å². The van der Waals surface area contributed by atoms with E-state index in [-0.39, 0.29) is 5.97 Å². The third kappa shape index (κ3) is 5.24. The van der Waals surface area contributed by atoms with Crippen LogP contribution >= 0.6 is 0 Å². The normalized spacial score (nSPS) is 28.5. The first-order chi connectivity index (χ1) is 8.74. The van der Waals surface area contributed by atoms with E-state index in [2.05, 4.69) is 13.0 Å². The second-order valence-corrected chi connectivity index (χ2v) is 6.11. The van der Waals surface area contributed by atoms with E-state index in [1.807, 2.05) is 6.08 Å². The van der Waals surface area contributed by atoms with E-state index in [9.17, 15) is 4.79 Å². The average molecular weight is 250 g/mol. The Morgan fingerprint density at radius 2 is 1.89 bits per heavy atom. The van der Waals surface area contributed by atoms with Crippen molar-refractivity contribution in [3.05, 3.63) is 12.2 Å². The summed E-state index contributed by atoms with van der Waals surface area (Å²) < 4.78 is 5.21. The Labute approximate surface area is 111 Å². The van der Waals surface area contributed by atoms with Gasteiger partial charge in [0.1, 0.15) is 6.61 Å². The third-order valence-corrected chi connectivity index (χ3v) is 4.26. The van der Waals surface area contributed by atoms with Gasteiger partial charge in [0.2, 0.25) is 0 Å². The molecule has 2 heteroatoms.